The van der Waals surface area contributed by atoms with Gasteiger partial charge in [-0.2, -0.15) is 0 Å². The van der Waals surface area contributed by atoms with Crippen LogP contribution in [0.15, 0.2) is 42.5 Å². The third-order valence-corrected chi connectivity index (χ3v) is 4.07. The molecule has 0 bridgehead atoms. The Hall–Kier alpha value is -3.35. The molecule has 3 rings (SSSR count). The Labute approximate surface area is 150 Å². The van der Waals surface area contributed by atoms with Gasteiger partial charge in [-0.1, -0.05) is 0 Å². The number of benzene rings is 2. The number of amides is 2. The number of anilines is 1. The van der Waals surface area contributed by atoms with E-state index in [1.165, 1.54) is 31.4 Å². The van der Waals surface area contributed by atoms with Gasteiger partial charge in [0.05, 0.1) is 24.8 Å². The molecule has 0 saturated heterocycles. The molecule has 0 atom stereocenters. The van der Waals surface area contributed by atoms with Gasteiger partial charge in [0.1, 0.15) is 12.4 Å². The minimum Gasteiger partial charge on any atom is -0.491 e. The van der Waals surface area contributed by atoms with Gasteiger partial charge in [0.15, 0.2) is 0 Å². The Balaban J connectivity index is 1.79. The molecule has 1 aliphatic heterocycles. The molecule has 7 nitrogen and oxygen atoms in total. The molecule has 2 amide bonds. The number of esters is 1. The van der Waals surface area contributed by atoms with Crippen LogP contribution in [0.5, 0.6) is 5.75 Å². The first-order chi connectivity index (χ1) is 12.5. The van der Waals surface area contributed by atoms with Crippen LogP contribution in [0.1, 0.15) is 31.1 Å². The smallest absolute Gasteiger partial charge is 0.337 e. The van der Waals surface area contributed by atoms with Crippen LogP contribution in [0.3, 0.4) is 0 Å². The van der Waals surface area contributed by atoms with Gasteiger partial charge in [0.25, 0.3) is 11.8 Å². The van der Waals surface area contributed by atoms with Crippen molar-refractivity contribution < 1.29 is 23.9 Å². The Kier molecular flexibility index (Phi) is 4.88. The summed E-state index contributed by atoms with van der Waals surface area (Å²) in [7, 11) is 3.00. The molecular weight excluding hydrogens is 336 g/mol. The van der Waals surface area contributed by atoms with Crippen LogP contribution >= 0.6 is 0 Å². The van der Waals surface area contributed by atoms with Gasteiger partial charge in [0.2, 0.25) is 0 Å². The van der Waals surface area contributed by atoms with Crippen LogP contribution in [-0.4, -0.2) is 50.0 Å². The van der Waals surface area contributed by atoms with Crippen molar-refractivity contribution in [1.29, 1.82) is 0 Å². The van der Waals surface area contributed by atoms with Crippen molar-refractivity contribution in [3.05, 3.63) is 59.2 Å². The second-order valence-corrected chi connectivity index (χ2v) is 5.81. The average Bonchev–Trinajstić information content (AvgIpc) is 2.80. The van der Waals surface area contributed by atoms with E-state index in [-0.39, 0.29) is 11.8 Å². The summed E-state index contributed by atoms with van der Waals surface area (Å²) < 4.78 is 10.2. The molecule has 1 heterocycles. The number of hydrogen-bond donors (Lipinski definition) is 1. The second kappa shape index (κ2) is 7.26. The topological polar surface area (TPSA) is 84.9 Å². The normalized spacial score (nSPS) is 13.3. The molecule has 2 aromatic rings. The highest BCUT2D eigenvalue weighted by Crippen LogP contribution is 2.26. The number of carbonyl (C=O) groups is 3. The lowest BCUT2D eigenvalue weighted by molar-refractivity contribution is 0.0600. The summed E-state index contributed by atoms with van der Waals surface area (Å²) in [6, 6.07) is 11.1. The highest BCUT2D eigenvalue weighted by Gasteiger charge is 2.21. The number of methoxy groups -OCH3 is 1. The maximum absolute atomic E-state index is 12.4. The predicted octanol–water partition coefficient (Wildman–Crippen LogP) is 2.19. The summed E-state index contributed by atoms with van der Waals surface area (Å²) in [6.45, 7) is 0.926. The fraction of sp³-hybridized carbons (Fsp3) is 0.211. The van der Waals surface area contributed by atoms with Crippen LogP contribution < -0.4 is 10.1 Å². The largest absolute Gasteiger partial charge is 0.491 e. The number of fused-ring (bicyclic) bond motifs is 1. The Morgan fingerprint density at radius 3 is 2.50 bits per heavy atom. The number of nitrogens with zero attached hydrogens (tertiary/aromatic N) is 1. The van der Waals surface area contributed by atoms with E-state index in [4.69, 9.17) is 4.74 Å². The molecule has 2 aromatic carbocycles. The minimum atomic E-state index is -0.467. The molecule has 0 spiro atoms. The first-order valence-corrected chi connectivity index (χ1v) is 8.01. The fourth-order valence-electron chi connectivity index (χ4n) is 2.58. The van der Waals surface area contributed by atoms with Gasteiger partial charge >= 0.3 is 5.97 Å². The average molecular weight is 354 g/mol. The zero-order chi connectivity index (χ0) is 18.7. The molecule has 7 heteroatoms. The first-order valence-electron chi connectivity index (χ1n) is 8.01. The van der Waals surface area contributed by atoms with E-state index in [9.17, 15) is 14.4 Å². The van der Waals surface area contributed by atoms with E-state index in [2.05, 4.69) is 10.1 Å². The summed E-state index contributed by atoms with van der Waals surface area (Å²) in [5.41, 5.74) is 1.63. The summed E-state index contributed by atoms with van der Waals surface area (Å²) >= 11 is 0. The third kappa shape index (κ3) is 3.51. The molecule has 134 valence electrons. The van der Waals surface area contributed by atoms with Crippen molar-refractivity contribution in [2.24, 2.45) is 0 Å². The molecule has 0 saturated carbocycles. The van der Waals surface area contributed by atoms with Crippen LogP contribution in [0.4, 0.5) is 5.69 Å². The molecule has 1 aliphatic rings. The summed E-state index contributed by atoms with van der Waals surface area (Å²) in [5.74, 6) is -0.474. The van der Waals surface area contributed by atoms with Crippen molar-refractivity contribution in [3.8, 4) is 5.75 Å². The van der Waals surface area contributed by atoms with E-state index in [1.54, 1.807) is 30.1 Å². The molecule has 26 heavy (non-hydrogen) atoms. The Morgan fingerprint density at radius 1 is 1.12 bits per heavy atom. The zero-order valence-electron chi connectivity index (χ0n) is 14.4. The van der Waals surface area contributed by atoms with E-state index in [0.29, 0.717) is 41.3 Å². The standard InChI is InChI=1S/C19H18N2O5/c1-21-9-10-26-16-8-7-14(11-15(16)18(21)23)20-17(22)12-3-5-13(6-4-12)19(24)25-2/h3-8,11H,9-10H2,1-2H3,(H,20,22). The van der Waals surface area contributed by atoms with Gasteiger partial charge in [-0.25, -0.2) is 4.79 Å². The maximum Gasteiger partial charge on any atom is 0.337 e. The number of rotatable bonds is 3. The van der Waals surface area contributed by atoms with Gasteiger partial charge in [-0.3, -0.25) is 9.59 Å². The SMILES string of the molecule is COC(=O)c1ccc(C(=O)Nc2ccc3c(c2)C(=O)N(C)CCO3)cc1. The maximum atomic E-state index is 12.4. The van der Waals surface area contributed by atoms with Crippen LogP contribution in [0, 0.1) is 0 Å². The third-order valence-electron chi connectivity index (χ3n) is 4.07. The first kappa shape index (κ1) is 17.5. The number of ether oxygens (including phenoxy) is 2. The van der Waals surface area contributed by atoms with E-state index in [1.807, 2.05) is 0 Å². The number of hydrogen-bond acceptors (Lipinski definition) is 5. The van der Waals surface area contributed by atoms with Gasteiger partial charge in [-0.05, 0) is 42.5 Å². The van der Waals surface area contributed by atoms with E-state index in [0.717, 1.165) is 0 Å². The molecule has 1 N–H and O–H groups in total. The van der Waals surface area contributed by atoms with Crippen LogP contribution in [-0.2, 0) is 4.74 Å². The molecule has 0 radical (unpaired) electrons. The quantitative estimate of drug-likeness (QED) is 0.854. The monoisotopic (exact) mass is 354 g/mol. The highest BCUT2D eigenvalue weighted by atomic mass is 16.5. The van der Waals surface area contributed by atoms with Crippen molar-refractivity contribution in [3.63, 3.8) is 0 Å². The molecular formula is C19H18N2O5. The lowest BCUT2D eigenvalue weighted by Gasteiger charge is -2.13. The number of carbonyl (C=O) groups excluding carboxylic acids is 3. The molecule has 0 aliphatic carbocycles. The van der Waals surface area contributed by atoms with Crippen molar-refractivity contribution >= 4 is 23.5 Å². The Bertz CT molecular complexity index is 861. The minimum absolute atomic E-state index is 0.156. The van der Waals surface area contributed by atoms with Crippen LogP contribution in [0.25, 0.3) is 0 Å². The summed E-state index contributed by atoms with van der Waals surface area (Å²) in [4.78, 5) is 37.8. The fourth-order valence-corrected chi connectivity index (χ4v) is 2.58. The van der Waals surface area contributed by atoms with E-state index >= 15 is 0 Å². The van der Waals surface area contributed by atoms with Gasteiger partial charge in [-0.15, -0.1) is 0 Å². The zero-order valence-corrected chi connectivity index (χ0v) is 14.4. The van der Waals surface area contributed by atoms with Gasteiger partial charge in [0, 0.05) is 18.3 Å². The summed E-state index contributed by atoms with van der Waals surface area (Å²) in [6.07, 6.45) is 0. The van der Waals surface area contributed by atoms with Crippen molar-refractivity contribution in [1.82, 2.24) is 4.90 Å². The molecule has 0 fully saturated rings. The lowest BCUT2D eigenvalue weighted by atomic mass is 10.1. The molecule has 0 unspecified atom stereocenters. The lowest BCUT2D eigenvalue weighted by Crippen LogP contribution is -2.27. The highest BCUT2D eigenvalue weighted by molar-refractivity contribution is 6.06. The second-order valence-electron chi connectivity index (χ2n) is 5.81. The Morgan fingerprint density at radius 2 is 1.81 bits per heavy atom. The summed E-state index contributed by atoms with van der Waals surface area (Å²) in [5, 5.41) is 2.75. The molecule has 0 aromatic heterocycles. The number of likely N-dealkylation sites (N-methyl/N-ethyl adjacent to an activating group) is 1. The van der Waals surface area contributed by atoms with E-state index < -0.39 is 5.97 Å². The van der Waals surface area contributed by atoms with Crippen molar-refractivity contribution in [2.75, 3.05) is 32.6 Å². The number of nitrogens with one attached hydrogen (secondary N) is 1. The predicted molar refractivity (Wildman–Crippen MR) is 94.6 cm³/mol. The van der Waals surface area contributed by atoms with Crippen LogP contribution in [0.2, 0.25) is 0 Å². The van der Waals surface area contributed by atoms with Crippen molar-refractivity contribution in [2.45, 2.75) is 0 Å². The van der Waals surface area contributed by atoms with Gasteiger partial charge < -0.3 is 19.7 Å².